The van der Waals surface area contributed by atoms with Crippen molar-refractivity contribution in [1.82, 2.24) is 5.32 Å². The van der Waals surface area contributed by atoms with Crippen molar-refractivity contribution in [3.05, 3.63) is 65.7 Å². The van der Waals surface area contributed by atoms with E-state index in [1.165, 1.54) is 5.56 Å². The highest BCUT2D eigenvalue weighted by Gasteiger charge is 2.13. The molecule has 2 rings (SSSR count). The van der Waals surface area contributed by atoms with Gasteiger partial charge in [-0.05, 0) is 42.2 Å². The van der Waals surface area contributed by atoms with E-state index in [0.29, 0.717) is 13.0 Å². The Bertz CT molecular complexity index is 631. The molecule has 0 saturated heterocycles. The Morgan fingerprint density at radius 1 is 1.08 bits per heavy atom. The second kappa shape index (κ2) is 10.2. The fourth-order valence-corrected chi connectivity index (χ4v) is 3.55. The summed E-state index contributed by atoms with van der Waals surface area (Å²) in [7, 11) is 0. The van der Waals surface area contributed by atoms with Crippen LogP contribution in [0.5, 0.6) is 0 Å². The molecule has 1 amide bonds. The highest BCUT2D eigenvalue weighted by atomic mass is 32.2. The first kappa shape index (κ1) is 18.6. The predicted octanol–water partition coefficient (Wildman–Crippen LogP) is 4.08. The molecule has 1 unspecified atom stereocenters. The first-order chi connectivity index (χ1) is 11.8. The number of carbonyl (C=O) groups excluding carboxylic acids is 1. The summed E-state index contributed by atoms with van der Waals surface area (Å²) in [4.78, 5) is 13.5. The average molecular weight is 343 g/mol. The summed E-state index contributed by atoms with van der Waals surface area (Å²) in [6.45, 7) is 2.84. The number of aliphatic hydroxyl groups excluding tert-OH is 1. The first-order valence-corrected chi connectivity index (χ1v) is 9.40. The first-order valence-electron chi connectivity index (χ1n) is 8.42. The average Bonchev–Trinajstić information content (AvgIpc) is 2.62. The van der Waals surface area contributed by atoms with Crippen molar-refractivity contribution in [2.45, 2.75) is 30.6 Å². The molecule has 0 aromatic heterocycles. The summed E-state index contributed by atoms with van der Waals surface area (Å²) >= 11 is 1.68. The van der Waals surface area contributed by atoms with Crippen LogP contribution in [-0.4, -0.2) is 29.9 Å². The Morgan fingerprint density at radius 3 is 2.50 bits per heavy atom. The Labute approximate surface area is 148 Å². The maximum Gasteiger partial charge on any atom is 0.252 e. The van der Waals surface area contributed by atoms with Crippen LogP contribution in [0.3, 0.4) is 0 Å². The van der Waals surface area contributed by atoms with Crippen LogP contribution in [0.2, 0.25) is 0 Å². The molecule has 0 saturated carbocycles. The van der Waals surface area contributed by atoms with Gasteiger partial charge >= 0.3 is 0 Å². The lowest BCUT2D eigenvalue weighted by atomic mass is 9.93. The molecule has 0 aliphatic heterocycles. The van der Waals surface area contributed by atoms with Gasteiger partial charge in [0.2, 0.25) is 0 Å². The van der Waals surface area contributed by atoms with Crippen LogP contribution in [0.4, 0.5) is 0 Å². The van der Waals surface area contributed by atoms with Gasteiger partial charge in [0.05, 0.1) is 5.56 Å². The number of hydrogen-bond acceptors (Lipinski definition) is 3. The van der Waals surface area contributed by atoms with Gasteiger partial charge in [-0.15, -0.1) is 11.8 Å². The van der Waals surface area contributed by atoms with Gasteiger partial charge in [-0.3, -0.25) is 4.79 Å². The number of carbonyl (C=O) groups is 1. The summed E-state index contributed by atoms with van der Waals surface area (Å²) in [5.74, 6) is 1.18. The van der Waals surface area contributed by atoms with Crippen molar-refractivity contribution < 1.29 is 9.90 Å². The van der Waals surface area contributed by atoms with Crippen LogP contribution in [0.1, 0.15) is 41.6 Å². The van der Waals surface area contributed by atoms with Gasteiger partial charge in [0.1, 0.15) is 0 Å². The molecule has 128 valence electrons. The minimum Gasteiger partial charge on any atom is -0.396 e. The molecule has 0 heterocycles. The van der Waals surface area contributed by atoms with Crippen LogP contribution in [-0.2, 0) is 0 Å². The van der Waals surface area contributed by atoms with Gasteiger partial charge in [0.25, 0.3) is 5.91 Å². The quantitative estimate of drug-likeness (QED) is 0.674. The third-order valence-electron chi connectivity index (χ3n) is 3.96. The monoisotopic (exact) mass is 343 g/mol. The molecular weight excluding hydrogens is 318 g/mol. The van der Waals surface area contributed by atoms with Crippen LogP contribution in [0.15, 0.2) is 59.5 Å². The summed E-state index contributed by atoms with van der Waals surface area (Å²) < 4.78 is 0. The lowest BCUT2D eigenvalue weighted by molar-refractivity contribution is 0.0949. The molecule has 2 aromatic rings. The SMILES string of the molecule is CCSc1ccccc1C(=O)NCCC(CCO)c1ccccc1. The highest BCUT2D eigenvalue weighted by molar-refractivity contribution is 7.99. The van der Waals surface area contributed by atoms with Gasteiger partial charge in [-0.2, -0.15) is 0 Å². The van der Waals surface area contributed by atoms with Crippen molar-refractivity contribution in [2.75, 3.05) is 18.9 Å². The molecular formula is C20H25NO2S. The maximum absolute atomic E-state index is 12.4. The zero-order chi connectivity index (χ0) is 17.2. The summed E-state index contributed by atoms with van der Waals surface area (Å²) in [5, 5.41) is 12.3. The lowest BCUT2D eigenvalue weighted by Crippen LogP contribution is -2.26. The molecule has 0 bridgehead atoms. The van der Waals surface area contributed by atoms with E-state index in [1.54, 1.807) is 11.8 Å². The van der Waals surface area contributed by atoms with E-state index in [2.05, 4.69) is 24.4 Å². The summed E-state index contributed by atoms with van der Waals surface area (Å²) in [6, 6.07) is 17.9. The number of aliphatic hydroxyl groups is 1. The topological polar surface area (TPSA) is 49.3 Å². The number of thioether (sulfide) groups is 1. The predicted molar refractivity (Wildman–Crippen MR) is 101 cm³/mol. The Morgan fingerprint density at radius 2 is 1.79 bits per heavy atom. The third-order valence-corrected chi connectivity index (χ3v) is 4.91. The fraction of sp³-hybridized carbons (Fsp3) is 0.350. The summed E-state index contributed by atoms with van der Waals surface area (Å²) in [5.41, 5.74) is 1.95. The number of hydrogen-bond donors (Lipinski definition) is 2. The van der Waals surface area contributed by atoms with Crippen molar-refractivity contribution in [3.63, 3.8) is 0 Å². The largest absolute Gasteiger partial charge is 0.396 e. The zero-order valence-electron chi connectivity index (χ0n) is 14.1. The van der Waals surface area contributed by atoms with Crippen LogP contribution < -0.4 is 5.32 Å². The smallest absolute Gasteiger partial charge is 0.252 e. The van der Waals surface area contributed by atoms with Crippen LogP contribution >= 0.6 is 11.8 Å². The molecule has 1 atom stereocenters. The fourth-order valence-electron chi connectivity index (χ4n) is 2.75. The Hall–Kier alpha value is -1.78. The van der Waals surface area contributed by atoms with Crippen molar-refractivity contribution in [3.8, 4) is 0 Å². The standard InChI is InChI=1S/C20H25NO2S/c1-2-24-19-11-7-6-10-18(19)20(23)21-14-12-17(13-15-22)16-8-4-3-5-9-16/h3-11,17,22H,2,12-15H2,1H3,(H,21,23). The van der Waals surface area contributed by atoms with Crippen molar-refractivity contribution in [1.29, 1.82) is 0 Å². The van der Waals surface area contributed by atoms with Gasteiger partial charge in [-0.1, -0.05) is 49.4 Å². The van der Waals surface area contributed by atoms with E-state index in [4.69, 9.17) is 0 Å². The minimum atomic E-state index is -0.0256. The van der Waals surface area contributed by atoms with Gasteiger partial charge in [0, 0.05) is 18.0 Å². The van der Waals surface area contributed by atoms with E-state index >= 15 is 0 Å². The van der Waals surface area contributed by atoms with E-state index < -0.39 is 0 Å². The molecule has 0 aliphatic rings. The van der Waals surface area contributed by atoms with Gasteiger partial charge < -0.3 is 10.4 Å². The molecule has 2 N–H and O–H groups in total. The molecule has 0 aliphatic carbocycles. The summed E-state index contributed by atoms with van der Waals surface area (Å²) in [6.07, 6.45) is 1.53. The molecule has 0 radical (unpaired) electrons. The number of amides is 1. The maximum atomic E-state index is 12.4. The Kier molecular flexibility index (Phi) is 7.86. The van der Waals surface area contributed by atoms with Crippen LogP contribution in [0, 0.1) is 0 Å². The second-order valence-corrected chi connectivity index (χ2v) is 6.90. The van der Waals surface area contributed by atoms with E-state index in [0.717, 1.165) is 22.6 Å². The van der Waals surface area contributed by atoms with Gasteiger partial charge in [0.15, 0.2) is 0 Å². The van der Waals surface area contributed by atoms with Crippen molar-refractivity contribution >= 4 is 17.7 Å². The van der Waals surface area contributed by atoms with E-state index in [1.807, 2.05) is 42.5 Å². The minimum absolute atomic E-state index is 0.0256. The number of nitrogens with one attached hydrogen (secondary N) is 1. The normalized spacial score (nSPS) is 11.9. The second-order valence-electron chi connectivity index (χ2n) is 5.59. The van der Waals surface area contributed by atoms with Crippen LogP contribution in [0.25, 0.3) is 0 Å². The Balaban J connectivity index is 1.93. The van der Waals surface area contributed by atoms with Crippen molar-refractivity contribution in [2.24, 2.45) is 0 Å². The third kappa shape index (κ3) is 5.39. The number of rotatable bonds is 9. The molecule has 4 heteroatoms. The zero-order valence-corrected chi connectivity index (χ0v) is 14.9. The molecule has 3 nitrogen and oxygen atoms in total. The molecule has 0 spiro atoms. The van der Waals surface area contributed by atoms with E-state index in [9.17, 15) is 9.90 Å². The molecule has 0 fully saturated rings. The van der Waals surface area contributed by atoms with E-state index in [-0.39, 0.29) is 18.4 Å². The highest BCUT2D eigenvalue weighted by Crippen LogP contribution is 2.24. The molecule has 24 heavy (non-hydrogen) atoms. The lowest BCUT2D eigenvalue weighted by Gasteiger charge is -2.17. The number of benzene rings is 2. The molecule has 2 aromatic carbocycles. The van der Waals surface area contributed by atoms with Gasteiger partial charge in [-0.25, -0.2) is 0 Å².